The van der Waals surface area contributed by atoms with Gasteiger partial charge >= 0.3 is 5.97 Å². The van der Waals surface area contributed by atoms with E-state index in [9.17, 15) is 9.59 Å². The predicted octanol–water partition coefficient (Wildman–Crippen LogP) is 4.03. The summed E-state index contributed by atoms with van der Waals surface area (Å²) >= 11 is 0. The monoisotopic (exact) mass is 429 g/mol. The van der Waals surface area contributed by atoms with Gasteiger partial charge in [-0.2, -0.15) is 0 Å². The van der Waals surface area contributed by atoms with Gasteiger partial charge in [-0.15, -0.1) is 0 Å². The molecule has 0 radical (unpaired) electrons. The Bertz CT molecular complexity index is 942. The van der Waals surface area contributed by atoms with Crippen molar-refractivity contribution in [3.8, 4) is 23.0 Å². The van der Waals surface area contributed by atoms with Crippen LogP contribution in [-0.4, -0.2) is 38.5 Å². The molecule has 0 bridgehead atoms. The highest BCUT2D eigenvalue weighted by molar-refractivity contribution is 5.97. The number of benzene rings is 2. The SMILES string of the molecule is COc1cc(C(=O)OC(C)C(=O)Nc2ccc3c(c2)OCO3)ccc1OCCC(C)C. The maximum Gasteiger partial charge on any atom is 0.339 e. The molecule has 8 nitrogen and oxygen atoms in total. The van der Waals surface area contributed by atoms with E-state index in [0.717, 1.165) is 6.42 Å². The van der Waals surface area contributed by atoms with Crippen molar-refractivity contribution in [2.75, 3.05) is 25.8 Å². The highest BCUT2D eigenvalue weighted by Crippen LogP contribution is 2.34. The van der Waals surface area contributed by atoms with Gasteiger partial charge in [-0.3, -0.25) is 4.79 Å². The molecule has 1 heterocycles. The van der Waals surface area contributed by atoms with Crippen LogP contribution in [0.5, 0.6) is 23.0 Å². The number of rotatable bonds is 9. The van der Waals surface area contributed by atoms with E-state index >= 15 is 0 Å². The maximum atomic E-state index is 12.5. The number of methoxy groups -OCH3 is 1. The molecule has 0 aliphatic carbocycles. The van der Waals surface area contributed by atoms with Gasteiger partial charge in [-0.1, -0.05) is 13.8 Å². The lowest BCUT2D eigenvalue weighted by Gasteiger charge is -2.15. The zero-order chi connectivity index (χ0) is 22.4. The minimum Gasteiger partial charge on any atom is -0.493 e. The van der Waals surface area contributed by atoms with E-state index in [-0.39, 0.29) is 12.4 Å². The molecule has 1 amide bonds. The van der Waals surface area contributed by atoms with Crippen LogP contribution in [0, 0.1) is 5.92 Å². The van der Waals surface area contributed by atoms with Crippen LogP contribution in [0.2, 0.25) is 0 Å². The first-order valence-corrected chi connectivity index (χ1v) is 10.1. The molecule has 166 valence electrons. The molecular formula is C23H27NO7. The molecule has 0 aromatic heterocycles. The zero-order valence-electron chi connectivity index (χ0n) is 18.1. The first-order valence-electron chi connectivity index (χ1n) is 10.1. The molecule has 8 heteroatoms. The highest BCUT2D eigenvalue weighted by atomic mass is 16.7. The van der Waals surface area contributed by atoms with Gasteiger partial charge < -0.3 is 29.0 Å². The molecule has 3 rings (SSSR count). The number of hydrogen-bond acceptors (Lipinski definition) is 7. The minimum absolute atomic E-state index is 0.145. The van der Waals surface area contributed by atoms with Crippen molar-refractivity contribution in [3.63, 3.8) is 0 Å². The average molecular weight is 429 g/mol. The Morgan fingerprint density at radius 2 is 1.81 bits per heavy atom. The second-order valence-electron chi connectivity index (χ2n) is 7.50. The average Bonchev–Trinajstić information content (AvgIpc) is 3.21. The van der Waals surface area contributed by atoms with Gasteiger partial charge in [0.15, 0.2) is 29.1 Å². The molecule has 2 aromatic carbocycles. The number of nitrogens with one attached hydrogen (secondary N) is 1. The predicted molar refractivity (Wildman–Crippen MR) is 114 cm³/mol. The molecule has 1 unspecified atom stereocenters. The number of carbonyl (C=O) groups excluding carboxylic acids is 2. The molecule has 1 aliphatic heterocycles. The van der Waals surface area contributed by atoms with E-state index in [1.807, 2.05) is 0 Å². The van der Waals surface area contributed by atoms with Gasteiger partial charge in [-0.25, -0.2) is 4.79 Å². The Kier molecular flexibility index (Phi) is 7.23. The number of amides is 1. The summed E-state index contributed by atoms with van der Waals surface area (Å²) in [5.74, 6) is 1.55. The van der Waals surface area contributed by atoms with Crippen LogP contribution in [0.1, 0.15) is 37.6 Å². The summed E-state index contributed by atoms with van der Waals surface area (Å²) in [6.07, 6.45) is -0.103. The van der Waals surface area contributed by atoms with E-state index < -0.39 is 18.0 Å². The lowest BCUT2D eigenvalue weighted by atomic mass is 10.1. The first kappa shape index (κ1) is 22.3. The van der Waals surface area contributed by atoms with Crippen LogP contribution in [0.3, 0.4) is 0 Å². The fourth-order valence-corrected chi connectivity index (χ4v) is 2.82. The number of ether oxygens (including phenoxy) is 5. The van der Waals surface area contributed by atoms with Gasteiger partial charge in [0.1, 0.15) is 0 Å². The molecule has 31 heavy (non-hydrogen) atoms. The molecule has 1 aliphatic rings. The Balaban J connectivity index is 1.58. The number of esters is 1. The van der Waals surface area contributed by atoms with Gasteiger partial charge in [0.05, 0.1) is 19.3 Å². The number of anilines is 1. The third-order valence-electron chi connectivity index (χ3n) is 4.65. The second kappa shape index (κ2) is 10.1. The smallest absolute Gasteiger partial charge is 0.339 e. The molecule has 1 N–H and O–H groups in total. The van der Waals surface area contributed by atoms with E-state index in [0.29, 0.717) is 41.2 Å². The minimum atomic E-state index is -1.01. The summed E-state index contributed by atoms with van der Waals surface area (Å²) in [7, 11) is 1.50. The summed E-state index contributed by atoms with van der Waals surface area (Å²) in [6, 6.07) is 9.81. The van der Waals surface area contributed by atoms with Gasteiger partial charge in [0.2, 0.25) is 6.79 Å². The van der Waals surface area contributed by atoms with E-state index in [4.69, 9.17) is 23.7 Å². The van der Waals surface area contributed by atoms with Crippen molar-refractivity contribution in [2.45, 2.75) is 33.3 Å². The Labute approximate surface area is 181 Å². The Morgan fingerprint density at radius 3 is 2.55 bits per heavy atom. The molecule has 0 saturated heterocycles. The Morgan fingerprint density at radius 1 is 1.03 bits per heavy atom. The van der Waals surface area contributed by atoms with E-state index in [2.05, 4.69) is 19.2 Å². The van der Waals surface area contributed by atoms with Gasteiger partial charge in [-0.05, 0) is 49.6 Å². The molecule has 0 spiro atoms. The van der Waals surface area contributed by atoms with Crippen molar-refractivity contribution in [3.05, 3.63) is 42.0 Å². The topological polar surface area (TPSA) is 92.3 Å². The maximum absolute atomic E-state index is 12.5. The molecular weight excluding hydrogens is 402 g/mol. The van der Waals surface area contributed by atoms with Gasteiger partial charge in [0, 0.05) is 11.8 Å². The van der Waals surface area contributed by atoms with E-state index in [1.165, 1.54) is 20.1 Å². The highest BCUT2D eigenvalue weighted by Gasteiger charge is 2.21. The van der Waals surface area contributed by atoms with Crippen LogP contribution in [0.4, 0.5) is 5.69 Å². The van der Waals surface area contributed by atoms with Crippen LogP contribution in [0.25, 0.3) is 0 Å². The van der Waals surface area contributed by atoms with Crippen molar-refractivity contribution < 1.29 is 33.3 Å². The quantitative estimate of drug-likeness (QED) is 0.602. The van der Waals surface area contributed by atoms with E-state index in [1.54, 1.807) is 30.3 Å². The normalized spacial score (nSPS) is 12.9. The van der Waals surface area contributed by atoms with Crippen molar-refractivity contribution in [1.29, 1.82) is 0 Å². The lowest BCUT2D eigenvalue weighted by Crippen LogP contribution is -2.30. The third kappa shape index (κ3) is 5.81. The standard InChI is InChI=1S/C23H27NO7/c1-14(2)9-10-28-18-7-5-16(11-20(18)27-4)23(26)31-15(3)22(25)24-17-6-8-19-21(12-17)30-13-29-19/h5-8,11-12,14-15H,9-10,13H2,1-4H3,(H,24,25). The lowest BCUT2D eigenvalue weighted by molar-refractivity contribution is -0.123. The van der Waals surface area contributed by atoms with Crippen LogP contribution in [-0.2, 0) is 9.53 Å². The van der Waals surface area contributed by atoms with Crippen molar-refractivity contribution in [2.24, 2.45) is 5.92 Å². The largest absolute Gasteiger partial charge is 0.493 e. The van der Waals surface area contributed by atoms with Crippen LogP contribution < -0.4 is 24.3 Å². The first-order chi connectivity index (χ1) is 14.9. The molecule has 1 atom stereocenters. The molecule has 0 saturated carbocycles. The second-order valence-corrected chi connectivity index (χ2v) is 7.50. The summed E-state index contributed by atoms with van der Waals surface area (Å²) < 4.78 is 26.9. The summed E-state index contributed by atoms with van der Waals surface area (Å²) in [6.45, 7) is 6.43. The fraction of sp³-hybridized carbons (Fsp3) is 0.391. The third-order valence-corrected chi connectivity index (χ3v) is 4.65. The van der Waals surface area contributed by atoms with Crippen LogP contribution >= 0.6 is 0 Å². The Hall–Kier alpha value is -3.42. The number of hydrogen-bond donors (Lipinski definition) is 1. The van der Waals surface area contributed by atoms with Crippen LogP contribution in [0.15, 0.2) is 36.4 Å². The number of fused-ring (bicyclic) bond motifs is 1. The van der Waals surface area contributed by atoms with Crippen molar-refractivity contribution in [1.82, 2.24) is 0 Å². The summed E-state index contributed by atoms with van der Waals surface area (Å²) in [4.78, 5) is 24.9. The molecule has 2 aromatic rings. The summed E-state index contributed by atoms with van der Waals surface area (Å²) in [5, 5.41) is 2.70. The van der Waals surface area contributed by atoms with Crippen molar-refractivity contribution >= 4 is 17.6 Å². The summed E-state index contributed by atoms with van der Waals surface area (Å²) in [5.41, 5.74) is 0.775. The zero-order valence-corrected chi connectivity index (χ0v) is 18.1. The fourth-order valence-electron chi connectivity index (χ4n) is 2.82. The number of carbonyl (C=O) groups is 2. The van der Waals surface area contributed by atoms with Gasteiger partial charge in [0.25, 0.3) is 5.91 Å². The molecule has 0 fully saturated rings.